The van der Waals surface area contributed by atoms with Crippen molar-refractivity contribution in [3.05, 3.63) is 25.0 Å². The van der Waals surface area contributed by atoms with E-state index in [4.69, 9.17) is 9.47 Å². The standard InChI is InChI=1S/C15H21BrINO3/c1-7-20-14(19)13(21-15(4,5)6)10-8(2)18-9(3)11(16)12(10)17/h13H,7H2,1-6H3/t13-/m0/s1. The van der Waals surface area contributed by atoms with Gasteiger partial charge < -0.3 is 9.47 Å². The van der Waals surface area contributed by atoms with Gasteiger partial charge in [-0.05, 0) is 80.1 Å². The second-order valence-corrected chi connectivity index (χ2v) is 7.56. The first-order valence-corrected chi connectivity index (χ1v) is 8.62. The van der Waals surface area contributed by atoms with Gasteiger partial charge in [-0.2, -0.15) is 0 Å². The molecule has 0 fully saturated rings. The molecule has 0 saturated heterocycles. The zero-order valence-corrected chi connectivity index (χ0v) is 17.0. The number of hydrogen-bond acceptors (Lipinski definition) is 4. The van der Waals surface area contributed by atoms with E-state index in [-0.39, 0.29) is 5.97 Å². The molecule has 1 rings (SSSR count). The Labute approximate surface area is 148 Å². The summed E-state index contributed by atoms with van der Waals surface area (Å²) in [7, 11) is 0. The van der Waals surface area contributed by atoms with Crippen LogP contribution in [0.3, 0.4) is 0 Å². The first kappa shape index (κ1) is 18.8. The Morgan fingerprint density at radius 3 is 2.38 bits per heavy atom. The second kappa shape index (κ2) is 7.37. The van der Waals surface area contributed by atoms with E-state index in [1.54, 1.807) is 6.92 Å². The Morgan fingerprint density at radius 1 is 1.33 bits per heavy atom. The summed E-state index contributed by atoms with van der Waals surface area (Å²) >= 11 is 5.73. The maximum Gasteiger partial charge on any atom is 0.340 e. The van der Waals surface area contributed by atoms with Crippen LogP contribution >= 0.6 is 38.5 Å². The van der Waals surface area contributed by atoms with Crippen LogP contribution in [0.2, 0.25) is 0 Å². The number of nitrogens with zero attached hydrogens (tertiary/aromatic N) is 1. The number of rotatable bonds is 4. The number of aryl methyl sites for hydroxylation is 2. The van der Waals surface area contributed by atoms with Crippen LogP contribution in [0.4, 0.5) is 0 Å². The van der Waals surface area contributed by atoms with Crippen LogP contribution in [-0.2, 0) is 14.3 Å². The van der Waals surface area contributed by atoms with Crippen LogP contribution in [0.5, 0.6) is 0 Å². The molecule has 1 aromatic rings. The molecule has 1 aromatic heterocycles. The van der Waals surface area contributed by atoms with Crippen LogP contribution in [0, 0.1) is 17.4 Å². The Balaban J connectivity index is 3.39. The molecular weight excluding hydrogens is 449 g/mol. The van der Waals surface area contributed by atoms with E-state index in [9.17, 15) is 4.79 Å². The molecule has 0 aliphatic rings. The highest BCUT2D eigenvalue weighted by molar-refractivity contribution is 14.1. The lowest BCUT2D eigenvalue weighted by Crippen LogP contribution is -2.30. The summed E-state index contributed by atoms with van der Waals surface area (Å²) in [6.07, 6.45) is -0.777. The molecular formula is C15H21BrINO3. The van der Waals surface area contributed by atoms with Gasteiger partial charge in [-0.15, -0.1) is 0 Å². The van der Waals surface area contributed by atoms with E-state index >= 15 is 0 Å². The van der Waals surface area contributed by atoms with Gasteiger partial charge in [0.2, 0.25) is 0 Å². The number of hydrogen-bond donors (Lipinski definition) is 0. The van der Waals surface area contributed by atoms with Crippen molar-refractivity contribution in [3.63, 3.8) is 0 Å². The SMILES string of the molecule is CCOC(=O)[C@@H](OC(C)(C)C)c1c(C)nc(C)c(Br)c1I. The monoisotopic (exact) mass is 469 g/mol. The van der Waals surface area contributed by atoms with E-state index in [0.717, 1.165) is 25.0 Å². The van der Waals surface area contributed by atoms with Crippen LogP contribution in [-0.4, -0.2) is 23.2 Å². The molecule has 0 radical (unpaired) electrons. The van der Waals surface area contributed by atoms with Crippen molar-refractivity contribution in [2.75, 3.05) is 6.61 Å². The molecule has 0 bridgehead atoms. The van der Waals surface area contributed by atoms with Crippen LogP contribution in [0.25, 0.3) is 0 Å². The average molecular weight is 470 g/mol. The Hall–Kier alpha value is -0.210. The van der Waals surface area contributed by atoms with E-state index < -0.39 is 11.7 Å². The van der Waals surface area contributed by atoms with Crippen molar-refractivity contribution in [2.24, 2.45) is 0 Å². The highest BCUT2D eigenvalue weighted by Gasteiger charge is 2.32. The number of ether oxygens (including phenoxy) is 2. The summed E-state index contributed by atoms with van der Waals surface area (Å²) in [6, 6.07) is 0. The van der Waals surface area contributed by atoms with E-state index in [2.05, 4.69) is 43.5 Å². The smallest absolute Gasteiger partial charge is 0.340 e. The molecule has 4 nitrogen and oxygen atoms in total. The van der Waals surface area contributed by atoms with Gasteiger partial charge in [0, 0.05) is 14.8 Å². The molecule has 0 saturated carbocycles. The molecule has 1 heterocycles. The van der Waals surface area contributed by atoms with Gasteiger partial charge in [0.1, 0.15) is 0 Å². The summed E-state index contributed by atoms with van der Waals surface area (Å²) in [4.78, 5) is 16.8. The number of carbonyl (C=O) groups is 1. The van der Waals surface area contributed by atoms with Crippen molar-refractivity contribution in [1.82, 2.24) is 4.98 Å². The summed E-state index contributed by atoms with van der Waals surface area (Å²) in [5.74, 6) is -0.383. The summed E-state index contributed by atoms with van der Waals surface area (Å²) < 4.78 is 12.9. The van der Waals surface area contributed by atoms with E-state index in [1.807, 2.05) is 34.6 Å². The third-order valence-corrected chi connectivity index (χ3v) is 5.54. The zero-order valence-electron chi connectivity index (χ0n) is 13.2. The fraction of sp³-hybridized carbons (Fsp3) is 0.600. The Morgan fingerprint density at radius 2 is 1.90 bits per heavy atom. The third kappa shape index (κ3) is 4.89. The molecule has 1 atom stereocenters. The normalized spacial score (nSPS) is 13.1. The largest absolute Gasteiger partial charge is 0.464 e. The summed E-state index contributed by atoms with van der Waals surface area (Å²) in [6.45, 7) is 11.7. The van der Waals surface area contributed by atoms with Crippen LogP contribution < -0.4 is 0 Å². The maximum atomic E-state index is 12.3. The molecule has 0 aliphatic heterocycles. The first-order valence-electron chi connectivity index (χ1n) is 6.75. The lowest BCUT2D eigenvalue weighted by atomic mass is 10.1. The zero-order chi connectivity index (χ0) is 16.4. The second-order valence-electron chi connectivity index (χ2n) is 5.69. The van der Waals surface area contributed by atoms with Gasteiger partial charge >= 0.3 is 5.97 Å². The number of halogens is 2. The van der Waals surface area contributed by atoms with Gasteiger partial charge in [-0.1, -0.05) is 0 Å². The minimum Gasteiger partial charge on any atom is -0.464 e. The molecule has 0 N–H and O–H groups in total. The fourth-order valence-electron chi connectivity index (χ4n) is 1.90. The summed E-state index contributed by atoms with van der Waals surface area (Å²) in [5, 5.41) is 0. The third-order valence-electron chi connectivity index (χ3n) is 2.71. The maximum absolute atomic E-state index is 12.3. The van der Waals surface area contributed by atoms with Gasteiger partial charge in [0.15, 0.2) is 6.10 Å². The lowest BCUT2D eigenvalue weighted by molar-refractivity contribution is -0.167. The van der Waals surface area contributed by atoms with E-state index in [0.29, 0.717) is 6.61 Å². The molecule has 0 spiro atoms. The van der Waals surface area contributed by atoms with Crippen molar-refractivity contribution < 1.29 is 14.3 Å². The van der Waals surface area contributed by atoms with Crippen molar-refractivity contribution in [1.29, 1.82) is 0 Å². The number of carbonyl (C=O) groups excluding carboxylic acids is 1. The number of pyridine rings is 1. The average Bonchev–Trinajstić information content (AvgIpc) is 2.33. The topological polar surface area (TPSA) is 48.4 Å². The molecule has 0 unspecified atom stereocenters. The molecule has 0 aliphatic carbocycles. The van der Waals surface area contributed by atoms with Crippen molar-refractivity contribution in [3.8, 4) is 0 Å². The van der Waals surface area contributed by atoms with Gasteiger partial charge in [0.25, 0.3) is 0 Å². The number of aromatic nitrogens is 1. The van der Waals surface area contributed by atoms with Gasteiger partial charge in [-0.3, -0.25) is 4.98 Å². The molecule has 118 valence electrons. The minimum atomic E-state index is -0.777. The summed E-state index contributed by atoms with van der Waals surface area (Å²) in [5.41, 5.74) is 1.97. The van der Waals surface area contributed by atoms with Crippen molar-refractivity contribution in [2.45, 2.75) is 53.2 Å². The fourth-order valence-corrected chi connectivity index (χ4v) is 3.26. The quantitative estimate of drug-likeness (QED) is 0.481. The Bertz CT molecular complexity index is 541. The lowest BCUT2D eigenvalue weighted by Gasteiger charge is -2.28. The molecule has 0 amide bonds. The van der Waals surface area contributed by atoms with Crippen molar-refractivity contribution >= 4 is 44.5 Å². The number of esters is 1. The van der Waals surface area contributed by atoms with Crippen LogP contribution in [0.15, 0.2) is 4.47 Å². The van der Waals surface area contributed by atoms with E-state index in [1.165, 1.54) is 0 Å². The van der Waals surface area contributed by atoms with Gasteiger partial charge in [0.05, 0.1) is 22.4 Å². The first-order chi connectivity index (χ1) is 9.58. The predicted molar refractivity (Wildman–Crippen MR) is 94.3 cm³/mol. The highest BCUT2D eigenvalue weighted by Crippen LogP contribution is 2.35. The Kier molecular flexibility index (Phi) is 6.61. The van der Waals surface area contributed by atoms with Crippen LogP contribution in [0.1, 0.15) is 50.8 Å². The minimum absolute atomic E-state index is 0.318. The van der Waals surface area contributed by atoms with Gasteiger partial charge in [-0.25, -0.2) is 4.79 Å². The predicted octanol–water partition coefficient (Wildman–Crippen LogP) is 4.48. The molecule has 0 aromatic carbocycles. The molecule has 21 heavy (non-hydrogen) atoms. The molecule has 6 heteroatoms. The highest BCUT2D eigenvalue weighted by atomic mass is 127.